The molecule has 2 heterocycles. The van der Waals surface area contributed by atoms with Gasteiger partial charge < -0.3 is 20.3 Å². The first-order valence-corrected chi connectivity index (χ1v) is 9.68. The predicted octanol–water partition coefficient (Wildman–Crippen LogP) is 3.14. The summed E-state index contributed by atoms with van der Waals surface area (Å²) < 4.78 is 5.23. The number of carbonyl (C=O) groups excluding carboxylic acids is 2. The molecule has 2 bridgehead atoms. The van der Waals surface area contributed by atoms with E-state index in [1.807, 2.05) is 29.2 Å². The summed E-state index contributed by atoms with van der Waals surface area (Å²) in [7, 11) is 1.62. The Bertz CT molecular complexity index is 675. The smallest absolute Gasteiger partial charge is 0.322 e. The Morgan fingerprint density at radius 1 is 1.12 bits per heavy atom. The Hall–Kier alpha value is -2.24. The van der Waals surface area contributed by atoms with Crippen molar-refractivity contribution in [3.63, 3.8) is 0 Å². The number of methoxy groups -OCH3 is 1. The van der Waals surface area contributed by atoms with Crippen LogP contribution in [0.2, 0.25) is 0 Å². The molecule has 140 valence electrons. The van der Waals surface area contributed by atoms with E-state index >= 15 is 0 Å². The van der Waals surface area contributed by atoms with Crippen molar-refractivity contribution in [3.05, 3.63) is 24.3 Å². The third kappa shape index (κ3) is 3.64. The van der Waals surface area contributed by atoms with Gasteiger partial charge in [-0.05, 0) is 57.1 Å². The SMILES string of the molecule is COc1cccc(NC(=O)N2[C@H]3CCC[C@H]2CC(NC(=O)C2CC2)C3)c1. The van der Waals surface area contributed by atoms with E-state index in [1.165, 1.54) is 0 Å². The van der Waals surface area contributed by atoms with Gasteiger partial charge in [0.1, 0.15) is 5.75 Å². The first kappa shape index (κ1) is 17.2. The van der Waals surface area contributed by atoms with Crippen LogP contribution < -0.4 is 15.4 Å². The molecule has 2 N–H and O–H groups in total. The highest BCUT2D eigenvalue weighted by molar-refractivity contribution is 5.90. The molecule has 4 rings (SSSR count). The van der Waals surface area contributed by atoms with E-state index < -0.39 is 0 Å². The molecule has 1 aliphatic carbocycles. The lowest BCUT2D eigenvalue weighted by molar-refractivity contribution is -0.123. The highest BCUT2D eigenvalue weighted by Gasteiger charge is 2.42. The molecule has 3 fully saturated rings. The summed E-state index contributed by atoms with van der Waals surface area (Å²) in [4.78, 5) is 27.0. The van der Waals surface area contributed by atoms with Crippen LogP contribution in [0.3, 0.4) is 0 Å². The third-order valence-corrected chi connectivity index (χ3v) is 5.82. The maximum absolute atomic E-state index is 12.9. The van der Waals surface area contributed by atoms with Crippen LogP contribution in [0.4, 0.5) is 10.5 Å². The van der Waals surface area contributed by atoms with Crippen LogP contribution in [0.25, 0.3) is 0 Å². The Balaban J connectivity index is 1.41. The second-order valence-electron chi connectivity index (χ2n) is 7.76. The van der Waals surface area contributed by atoms with Crippen molar-refractivity contribution in [2.24, 2.45) is 5.92 Å². The number of carbonyl (C=O) groups is 2. The average molecular weight is 357 g/mol. The van der Waals surface area contributed by atoms with Gasteiger partial charge in [0, 0.05) is 35.8 Å². The summed E-state index contributed by atoms with van der Waals surface area (Å²) >= 11 is 0. The van der Waals surface area contributed by atoms with Crippen molar-refractivity contribution in [2.75, 3.05) is 12.4 Å². The second-order valence-corrected chi connectivity index (χ2v) is 7.76. The number of rotatable bonds is 4. The number of urea groups is 1. The monoisotopic (exact) mass is 357 g/mol. The standard InChI is InChI=1S/C20H27N3O3/c1-26-18-7-2-4-14(12-18)22-20(25)23-16-5-3-6-17(23)11-15(10-16)21-19(24)13-8-9-13/h2,4,7,12-13,15-17H,3,5-6,8-11H2,1H3,(H,21,24)(H,22,25)/t16-,17-/m0/s1. The zero-order valence-corrected chi connectivity index (χ0v) is 15.2. The highest BCUT2D eigenvalue weighted by Crippen LogP contribution is 2.36. The first-order valence-electron chi connectivity index (χ1n) is 9.68. The summed E-state index contributed by atoms with van der Waals surface area (Å²) in [5.74, 6) is 1.18. The summed E-state index contributed by atoms with van der Waals surface area (Å²) in [6.07, 6.45) is 6.96. The first-order chi connectivity index (χ1) is 12.6. The molecule has 2 saturated heterocycles. The minimum absolute atomic E-state index is 0.0417. The predicted molar refractivity (Wildman–Crippen MR) is 99.2 cm³/mol. The Labute approximate surface area is 154 Å². The van der Waals surface area contributed by atoms with E-state index in [0.29, 0.717) is 0 Å². The van der Waals surface area contributed by atoms with Crippen molar-refractivity contribution in [2.45, 2.75) is 63.1 Å². The number of nitrogens with one attached hydrogen (secondary N) is 2. The van der Waals surface area contributed by atoms with Crippen LogP contribution in [0.1, 0.15) is 44.9 Å². The van der Waals surface area contributed by atoms with Gasteiger partial charge in [0.05, 0.1) is 7.11 Å². The van der Waals surface area contributed by atoms with Gasteiger partial charge in [-0.3, -0.25) is 4.79 Å². The number of nitrogens with zero attached hydrogens (tertiary/aromatic N) is 1. The van der Waals surface area contributed by atoms with E-state index in [9.17, 15) is 9.59 Å². The summed E-state index contributed by atoms with van der Waals surface area (Å²) in [5.41, 5.74) is 0.747. The average Bonchev–Trinajstić information content (AvgIpc) is 3.46. The van der Waals surface area contributed by atoms with Gasteiger partial charge in [0.15, 0.2) is 0 Å². The molecule has 6 heteroatoms. The quantitative estimate of drug-likeness (QED) is 0.870. The maximum atomic E-state index is 12.9. The van der Waals surface area contributed by atoms with Gasteiger partial charge >= 0.3 is 6.03 Å². The molecule has 0 spiro atoms. The van der Waals surface area contributed by atoms with Gasteiger partial charge in [-0.15, -0.1) is 0 Å². The van der Waals surface area contributed by atoms with Gasteiger partial charge in [-0.25, -0.2) is 4.79 Å². The lowest BCUT2D eigenvalue weighted by Gasteiger charge is -2.48. The van der Waals surface area contributed by atoms with E-state index in [1.54, 1.807) is 7.11 Å². The molecule has 3 amide bonds. The fourth-order valence-corrected chi connectivity index (χ4v) is 4.38. The van der Waals surface area contributed by atoms with Crippen molar-refractivity contribution >= 4 is 17.6 Å². The number of hydrogen-bond donors (Lipinski definition) is 2. The zero-order chi connectivity index (χ0) is 18.1. The summed E-state index contributed by atoms with van der Waals surface area (Å²) in [5, 5.41) is 6.24. The molecule has 2 atom stereocenters. The van der Waals surface area contributed by atoms with Crippen LogP contribution >= 0.6 is 0 Å². The molecule has 0 radical (unpaired) electrons. The maximum Gasteiger partial charge on any atom is 0.322 e. The molecule has 0 unspecified atom stereocenters. The molecule has 1 saturated carbocycles. The normalized spacial score (nSPS) is 27.6. The number of amides is 3. The molecule has 1 aromatic carbocycles. The number of fused-ring (bicyclic) bond motifs is 2. The number of hydrogen-bond acceptors (Lipinski definition) is 3. The molecule has 6 nitrogen and oxygen atoms in total. The van der Waals surface area contributed by atoms with Gasteiger partial charge in [-0.1, -0.05) is 6.07 Å². The minimum atomic E-state index is -0.0417. The van der Waals surface area contributed by atoms with E-state index in [2.05, 4.69) is 10.6 Å². The van der Waals surface area contributed by atoms with Gasteiger partial charge in [0.2, 0.25) is 5.91 Å². The van der Waals surface area contributed by atoms with Crippen LogP contribution in [0.5, 0.6) is 5.75 Å². The zero-order valence-electron chi connectivity index (χ0n) is 15.2. The third-order valence-electron chi connectivity index (χ3n) is 5.82. The van der Waals surface area contributed by atoms with Crippen molar-refractivity contribution in [1.82, 2.24) is 10.2 Å². The van der Waals surface area contributed by atoms with Gasteiger partial charge in [-0.2, -0.15) is 0 Å². The van der Waals surface area contributed by atoms with Crippen LogP contribution in [-0.4, -0.2) is 42.1 Å². The Morgan fingerprint density at radius 2 is 1.85 bits per heavy atom. The second kappa shape index (κ2) is 7.17. The fraction of sp³-hybridized carbons (Fsp3) is 0.600. The lowest BCUT2D eigenvalue weighted by Crippen LogP contribution is -2.59. The lowest BCUT2D eigenvalue weighted by atomic mass is 9.82. The van der Waals surface area contributed by atoms with Crippen LogP contribution in [0.15, 0.2) is 24.3 Å². The van der Waals surface area contributed by atoms with E-state index in [0.717, 1.165) is 56.4 Å². The molecule has 1 aromatic rings. The molecule has 2 aliphatic heterocycles. The topological polar surface area (TPSA) is 70.7 Å². The Morgan fingerprint density at radius 3 is 2.50 bits per heavy atom. The Kier molecular flexibility index (Phi) is 4.74. The van der Waals surface area contributed by atoms with E-state index in [4.69, 9.17) is 4.74 Å². The molecular formula is C20H27N3O3. The van der Waals surface area contributed by atoms with Gasteiger partial charge in [0.25, 0.3) is 0 Å². The molecule has 3 aliphatic rings. The largest absolute Gasteiger partial charge is 0.497 e. The van der Waals surface area contributed by atoms with Crippen LogP contribution in [0, 0.1) is 5.92 Å². The molecule has 0 aromatic heterocycles. The van der Waals surface area contributed by atoms with E-state index in [-0.39, 0.29) is 36.0 Å². The van der Waals surface area contributed by atoms with Crippen LogP contribution in [-0.2, 0) is 4.79 Å². The fourth-order valence-electron chi connectivity index (χ4n) is 4.38. The number of piperidine rings is 2. The molecular weight excluding hydrogens is 330 g/mol. The molecule has 26 heavy (non-hydrogen) atoms. The van der Waals surface area contributed by atoms with Crippen molar-refractivity contribution in [3.8, 4) is 5.75 Å². The summed E-state index contributed by atoms with van der Waals surface area (Å²) in [6, 6.07) is 8.01. The number of benzene rings is 1. The number of anilines is 1. The van der Waals surface area contributed by atoms with Crippen molar-refractivity contribution < 1.29 is 14.3 Å². The highest BCUT2D eigenvalue weighted by atomic mass is 16.5. The minimum Gasteiger partial charge on any atom is -0.497 e. The van der Waals surface area contributed by atoms with Crippen molar-refractivity contribution in [1.29, 1.82) is 0 Å². The number of ether oxygens (including phenoxy) is 1. The summed E-state index contributed by atoms with van der Waals surface area (Å²) in [6.45, 7) is 0.